The van der Waals surface area contributed by atoms with E-state index in [1.165, 1.54) is 17.7 Å². The van der Waals surface area contributed by atoms with Crippen molar-refractivity contribution in [2.75, 3.05) is 19.6 Å². The molecule has 0 radical (unpaired) electrons. The number of carbonyl (C=O) groups is 1. The summed E-state index contributed by atoms with van der Waals surface area (Å²) < 4.78 is 12.7. The lowest BCUT2D eigenvalue weighted by molar-refractivity contribution is -0.120. The van der Waals surface area contributed by atoms with Crippen LogP contribution in [-0.2, 0) is 11.2 Å². The molecule has 0 saturated carbocycles. The van der Waals surface area contributed by atoms with Crippen molar-refractivity contribution in [1.29, 1.82) is 0 Å². The fraction of sp³-hybridized carbons (Fsp3) is 0.400. The van der Waals surface area contributed by atoms with Crippen LogP contribution >= 0.6 is 12.4 Å². The Morgan fingerprint density at radius 3 is 2.70 bits per heavy atom. The number of carbonyl (C=O) groups excluding carboxylic acids is 1. The molecule has 20 heavy (non-hydrogen) atoms. The first-order valence-electron chi connectivity index (χ1n) is 6.64. The summed E-state index contributed by atoms with van der Waals surface area (Å²) in [6.45, 7) is 2.52. The van der Waals surface area contributed by atoms with Gasteiger partial charge in [-0.25, -0.2) is 4.39 Å². The van der Waals surface area contributed by atoms with Crippen LogP contribution < -0.4 is 10.6 Å². The van der Waals surface area contributed by atoms with Crippen molar-refractivity contribution >= 4 is 18.3 Å². The van der Waals surface area contributed by atoms with E-state index in [2.05, 4.69) is 16.7 Å². The van der Waals surface area contributed by atoms with Crippen molar-refractivity contribution in [3.8, 4) is 0 Å². The molecule has 1 aromatic rings. The van der Waals surface area contributed by atoms with Gasteiger partial charge in [-0.2, -0.15) is 0 Å². The summed E-state index contributed by atoms with van der Waals surface area (Å²) in [6, 6.07) is 6.29. The molecule has 0 fully saturated rings. The Morgan fingerprint density at radius 2 is 2.05 bits per heavy atom. The van der Waals surface area contributed by atoms with Crippen LogP contribution in [-0.4, -0.2) is 25.5 Å². The van der Waals surface area contributed by atoms with Crippen LogP contribution in [0.5, 0.6) is 0 Å². The van der Waals surface area contributed by atoms with Gasteiger partial charge in [0.15, 0.2) is 0 Å². The first-order chi connectivity index (χ1) is 9.24. The molecular formula is C15H20ClFN2O. The Labute approximate surface area is 125 Å². The molecule has 0 aliphatic carbocycles. The molecule has 0 bridgehead atoms. The van der Waals surface area contributed by atoms with Gasteiger partial charge < -0.3 is 10.6 Å². The van der Waals surface area contributed by atoms with Gasteiger partial charge in [0.1, 0.15) is 5.82 Å². The predicted octanol–water partition coefficient (Wildman–Crippen LogP) is 2.22. The standard InChI is InChI=1S/C15H19FN2O.ClH/c16-14-4-1-12(2-5-14)3-6-15(19)18-11-13-7-9-17-10-8-13;/h1-2,4-5,7,17H,3,6,8-11H2,(H,18,19);1H. The molecule has 1 aromatic carbocycles. The van der Waals surface area contributed by atoms with Crippen molar-refractivity contribution < 1.29 is 9.18 Å². The molecule has 0 unspecified atom stereocenters. The highest BCUT2D eigenvalue weighted by Crippen LogP contribution is 2.06. The van der Waals surface area contributed by atoms with Crippen LogP contribution in [0.2, 0.25) is 0 Å². The summed E-state index contributed by atoms with van der Waals surface area (Å²) in [7, 11) is 0. The first-order valence-corrected chi connectivity index (χ1v) is 6.64. The number of aryl methyl sites for hydroxylation is 1. The second-order valence-electron chi connectivity index (χ2n) is 4.72. The average Bonchev–Trinajstić information content (AvgIpc) is 2.45. The zero-order valence-corrected chi connectivity index (χ0v) is 12.1. The van der Waals surface area contributed by atoms with Crippen LogP contribution in [0, 0.1) is 5.82 Å². The van der Waals surface area contributed by atoms with E-state index in [4.69, 9.17) is 0 Å². The summed E-state index contributed by atoms with van der Waals surface area (Å²) >= 11 is 0. The fourth-order valence-corrected chi connectivity index (χ4v) is 2.04. The van der Waals surface area contributed by atoms with Crippen LogP contribution in [0.4, 0.5) is 4.39 Å². The van der Waals surface area contributed by atoms with Gasteiger partial charge in [0.05, 0.1) is 0 Å². The molecule has 0 atom stereocenters. The lowest BCUT2D eigenvalue weighted by Crippen LogP contribution is -2.29. The lowest BCUT2D eigenvalue weighted by Gasteiger charge is -2.14. The van der Waals surface area contributed by atoms with Crippen LogP contribution in [0.25, 0.3) is 0 Å². The van der Waals surface area contributed by atoms with Crippen LogP contribution in [0.3, 0.4) is 0 Å². The summed E-state index contributed by atoms with van der Waals surface area (Å²) in [5.41, 5.74) is 2.27. The van der Waals surface area contributed by atoms with Gasteiger partial charge in [-0.1, -0.05) is 23.8 Å². The summed E-state index contributed by atoms with van der Waals surface area (Å²) in [4.78, 5) is 11.7. The van der Waals surface area contributed by atoms with Crippen LogP contribution in [0.15, 0.2) is 35.9 Å². The Hall–Kier alpha value is -1.39. The Bertz CT molecular complexity index is 459. The van der Waals surface area contributed by atoms with Crippen molar-refractivity contribution in [3.63, 3.8) is 0 Å². The number of hydrogen-bond donors (Lipinski definition) is 2. The van der Waals surface area contributed by atoms with E-state index in [0.29, 0.717) is 19.4 Å². The molecule has 0 aromatic heterocycles. The molecule has 1 aliphatic rings. The molecule has 0 saturated heterocycles. The molecule has 1 heterocycles. The van der Waals surface area contributed by atoms with E-state index in [1.807, 2.05) is 0 Å². The topological polar surface area (TPSA) is 41.1 Å². The fourth-order valence-electron chi connectivity index (χ4n) is 2.04. The van der Waals surface area contributed by atoms with E-state index in [9.17, 15) is 9.18 Å². The number of halogens is 2. The number of amides is 1. The highest BCUT2D eigenvalue weighted by molar-refractivity contribution is 5.85. The van der Waals surface area contributed by atoms with E-state index >= 15 is 0 Å². The second kappa shape index (κ2) is 8.72. The minimum absolute atomic E-state index is 0. The monoisotopic (exact) mass is 298 g/mol. The minimum Gasteiger partial charge on any atom is -0.352 e. The minimum atomic E-state index is -0.244. The van der Waals surface area contributed by atoms with E-state index < -0.39 is 0 Å². The largest absolute Gasteiger partial charge is 0.352 e. The molecule has 2 N–H and O–H groups in total. The highest BCUT2D eigenvalue weighted by atomic mass is 35.5. The van der Waals surface area contributed by atoms with Crippen molar-refractivity contribution in [2.45, 2.75) is 19.3 Å². The quantitative estimate of drug-likeness (QED) is 0.819. The summed E-state index contributed by atoms with van der Waals surface area (Å²) in [5.74, 6) is -0.199. The van der Waals surface area contributed by atoms with Gasteiger partial charge >= 0.3 is 0 Å². The third kappa shape index (κ3) is 5.72. The number of rotatable bonds is 5. The Kier molecular flexibility index (Phi) is 7.26. The molecule has 3 nitrogen and oxygen atoms in total. The van der Waals surface area contributed by atoms with Crippen molar-refractivity contribution in [2.24, 2.45) is 0 Å². The van der Waals surface area contributed by atoms with E-state index in [-0.39, 0.29) is 24.1 Å². The Balaban J connectivity index is 0.00000200. The molecule has 110 valence electrons. The van der Waals surface area contributed by atoms with Gasteiger partial charge in [0.2, 0.25) is 5.91 Å². The lowest BCUT2D eigenvalue weighted by atomic mass is 10.1. The van der Waals surface area contributed by atoms with E-state index in [1.54, 1.807) is 12.1 Å². The van der Waals surface area contributed by atoms with Crippen LogP contribution in [0.1, 0.15) is 18.4 Å². The average molecular weight is 299 g/mol. The molecule has 1 amide bonds. The SMILES string of the molecule is Cl.O=C(CCc1ccc(F)cc1)NCC1=CCNCC1. The van der Waals surface area contributed by atoms with Gasteiger partial charge in [-0.15, -0.1) is 12.4 Å². The third-order valence-electron chi connectivity index (χ3n) is 3.22. The maximum absolute atomic E-state index is 12.7. The van der Waals surface area contributed by atoms with Gasteiger partial charge in [-0.05, 0) is 37.1 Å². The smallest absolute Gasteiger partial charge is 0.220 e. The maximum atomic E-state index is 12.7. The predicted molar refractivity (Wildman–Crippen MR) is 80.5 cm³/mol. The highest BCUT2D eigenvalue weighted by Gasteiger charge is 2.06. The van der Waals surface area contributed by atoms with Gasteiger partial charge in [-0.3, -0.25) is 4.79 Å². The molecule has 1 aliphatic heterocycles. The molecule has 0 spiro atoms. The van der Waals surface area contributed by atoms with Gasteiger partial charge in [0, 0.05) is 19.5 Å². The van der Waals surface area contributed by atoms with Crippen molar-refractivity contribution in [3.05, 3.63) is 47.3 Å². The molecule has 5 heteroatoms. The zero-order chi connectivity index (χ0) is 13.5. The summed E-state index contributed by atoms with van der Waals surface area (Å²) in [6.07, 6.45) is 4.21. The number of hydrogen-bond acceptors (Lipinski definition) is 2. The molecule has 2 rings (SSSR count). The summed E-state index contributed by atoms with van der Waals surface area (Å²) in [5, 5.41) is 6.16. The second-order valence-corrected chi connectivity index (χ2v) is 4.72. The maximum Gasteiger partial charge on any atom is 0.220 e. The van der Waals surface area contributed by atoms with Gasteiger partial charge in [0.25, 0.3) is 0 Å². The van der Waals surface area contributed by atoms with Crippen molar-refractivity contribution in [1.82, 2.24) is 10.6 Å². The number of benzene rings is 1. The number of nitrogens with one attached hydrogen (secondary N) is 2. The molecular weight excluding hydrogens is 279 g/mol. The third-order valence-corrected chi connectivity index (χ3v) is 3.22. The normalized spacial score (nSPS) is 14.2. The van der Waals surface area contributed by atoms with E-state index in [0.717, 1.165) is 25.1 Å². The Morgan fingerprint density at radius 1 is 1.30 bits per heavy atom. The zero-order valence-electron chi connectivity index (χ0n) is 11.3. The first kappa shape index (κ1) is 16.7.